The lowest BCUT2D eigenvalue weighted by Gasteiger charge is -2.35. The third kappa shape index (κ3) is 7.67. The number of H-pyrrole nitrogens is 1. The molecule has 1 aliphatic heterocycles. The van der Waals surface area contributed by atoms with Gasteiger partial charge in [0.15, 0.2) is 0 Å². The van der Waals surface area contributed by atoms with E-state index in [4.69, 9.17) is 9.47 Å². The molecule has 13 heteroatoms. The number of halogens is 1. The monoisotopic (exact) mass is 614 g/mol. The molecule has 1 saturated heterocycles. The quantitative estimate of drug-likeness (QED) is 0.327. The number of ether oxygens (including phenoxy) is 2. The van der Waals surface area contributed by atoms with E-state index in [1.54, 1.807) is 55.4 Å². The van der Waals surface area contributed by atoms with Crippen LogP contribution in [0.25, 0.3) is 6.08 Å². The van der Waals surface area contributed by atoms with Crippen LogP contribution in [-0.2, 0) is 24.8 Å². The van der Waals surface area contributed by atoms with Gasteiger partial charge in [0.2, 0.25) is 17.4 Å². The van der Waals surface area contributed by atoms with Crippen LogP contribution in [0.4, 0.5) is 4.79 Å². The Balaban J connectivity index is 2.53. The van der Waals surface area contributed by atoms with Gasteiger partial charge in [-0.2, -0.15) is 0 Å². The molecule has 1 fully saturated rings. The topological polar surface area (TPSA) is 169 Å². The maximum atomic E-state index is 14.2. The molecule has 218 valence electrons. The number of nitrogens with zero attached hydrogens (tertiary/aromatic N) is 1. The molecule has 0 bridgehead atoms. The second-order valence-corrected chi connectivity index (χ2v) is 11.9. The Morgan fingerprint density at radius 1 is 1.18 bits per heavy atom. The van der Waals surface area contributed by atoms with Gasteiger partial charge in [0.25, 0.3) is 5.56 Å². The third-order valence-electron chi connectivity index (χ3n) is 6.26. The van der Waals surface area contributed by atoms with Crippen molar-refractivity contribution in [3.05, 3.63) is 37.6 Å². The highest BCUT2D eigenvalue weighted by molar-refractivity contribution is 9.11. The predicted molar refractivity (Wildman–Crippen MR) is 148 cm³/mol. The molecule has 1 aliphatic rings. The van der Waals surface area contributed by atoms with Gasteiger partial charge in [0.1, 0.15) is 11.6 Å². The molecular weight excluding hydrogens is 576 g/mol. The molecule has 1 aromatic rings. The number of hydrogen-bond acceptors (Lipinski definition) is 8. The fourth-order valence-electron chi connectivity index (χ4n) is 4.25. The number of aromatic amines is 1. The number of ketones is 1. The molecule has 0 aromatic carbocycles. The molecule has 39 heavy (non-hydrogen) atoms. The van der Waals surface area contributed by atoms with E-state index in [0.717, 1.165) is 4.57 Å². The fourth-order valence-corrected chi connectivity index (χ4v) is 4.53. The summed E-state index contributed by atoms with van der Waals surface area (Å²) in [6.07, 6.45) is -0.448. The summed E-state index contributed by atoms with van der Waals surface area (Å²) in [7, 11) is 0. The lowest BCUT2D eigenvalue weighted by atomic mass is 9.89. The average molecular weight is 616 g/mol. The number of nitrogens with one attached hydrogen (secondary N) is 3. The van der Waals surface area contributed by atoms with E-state index >= 15 is 0 Å². The fraction of sp³-hybridized carbons (Fsp3) is 0.654. The molecule has 0 spiro atoms. The molecule has 2 heterocycles. The molecule has 0 radical (unpaired) electrons. The van der Waals surface area contributed by atoms with Crippen molar-refractivity contribution in [3.63, 3.8) is 0 Å². The number of alkyl carbamates (subject to hydrolysis) is 1. The second-order valence-electron chi connectivity index (χ2n) is 11.3. The van der Waals surface area contributed by atoms with Gasteiger partial charge in [-0.25, -0.2) is 9.59 Å². The Morgan fingerprint density at radius 2 is 1.77 bits per heavy atom. The summed E-state index contributed by atoms with van der Waals surface area (Å²) in [6.45, 7) is 13.5. The maximum Gasteiger partial charge on any atom is 0.408 e. The molecule has 12 nitrogen and oxygen atoms in total. The Hall–Kier alpha value is -2.77. The Kier molecular flexibility index (Phi) is 10.5. The first-order valence-corrected chi connectivity index (χ1v) is 13.7. The van der Waals surface area contributed by atoms with Crippen LogP contribution >= 0.6 is 15.9 Å². The van der Waals surface area contributed by atoms with Crippen molar-refractivity contribution in [2.75, 3.05) is 0 Å². The van der Waals surface area contributed by atoms with Crippen molar-refractivity contribution in [3.8, 4) is 0 Å². The Labute approximate surface area is 235 Å². The summed E-state index contributed by atoms with van der Waals surface area (Å²) < 4.78 is 12.2. The van der Waals surface area contributed by atoms with Gasteiger partial charge < -0.3 is 25.2 Å². The van der Waals surface area contributed by atoms with Gasteiger partial charge in [-0.05, 0) is 50.6 Å². The van der Waals surface area contributed by atoms with Gasteiger partial charge in [-0.15, -0.1) is 0 Å². The van der Waals surface area contributed by atoms with E-state index in [9.17, 15) is 29.1 Å². The standard InChI is InChI=1S/C26H39BrN4O8/c1-13(2)18(28-22(35)19(14(3)4)29-24(37)39-25(6,7)8)20(33)26(11-17(32)15(5)38-26)31-12-16(9-10-27)21(34)30-23(31)36/h9-10,12-15,17-19,32H,11H2,1-8H3,(H,28,35)(H,29,37)(H,30,34,36)/b10-9+/t15-,17+,18+,19+,26+/m1/s1. The van der Waals surface area contributed by atoms with Crippen molar-refractivity contribution < 1.29 is 29.0 Å². The van der Waals surface area contributed by atoms with Crippen LogP contribution < -0.4 is 21.9 Å². The van der Waals surface area contributed by atoms with Gasteiger partial charge >= 0.3 is 11.8 Å². The normalized spacial score (nSPS) is 23.2. The number of carbonyl (C=O) groups is 3. The molecule has 1 aromatic heterocycles. The molecule has 0 unspecified atom stereocenters. The first-order chi connectivity index (χ1) is 17.9. The number of hydrogen-bond donors (Lipinski definition) is 4. The van der Waals surface area contributed by atoms with Crippen LogP contribution in [0.3, 0.4) is 0 Å². The van der Waals surface area contributed by atoms with Crippen molar-refractivity contribution in [2.45, 2.75) is 97.4 Å². The van der Waals surface area contributed by atoms with Crippen LogP contribution in [0, 0.1) is 11.8 Å². The third-order valence-corrected chi connectivity index (χ3v) is 6.53. The average Bonchev–Trinajstić information content (AvgIpc) is 3.10. The van der Waals surface area contributed by atoms with E-state index in [2.05, 4.69) is 31.5 Å². The van der Waals surface area contributed by atoms with E-state index < -0.39 is 70.6 Å². The Morgan fingerprint density at radius 3 is 2.23 bits per heavy atom. The van der Waals surface area contributed by atoms with E-state index in [-0.39, 0.29) is 17.9 Å². The highest BCUT2D eigenvalue weighted by Crippen LogP contribution is 2.37. The largest absolute Gasteiger partial charge is 0.444 e. The zero-order chi connectivity index (χ0) is 29.9. The molecule has 4 N–H and O–H groups in total. The minimum absolute atomic E-state index is 0.0582. The minimum atomic E-state index is -2.02. The summed E-state index contributed by atoms with van der Waals surface area (Å²) in [5, 5.41) is 15.8. The van der Waals surface area contributed by atoms with E-state index in [1.807, 2.05) is 0 Å². The number of aromatic nitrogens is 2. The lowest BCUT2D eigenvalue weighted by molar-refractivity contribution is -0.162. The number of aliphatic hydroxyl groups excluding tert-OH is 1. The first-order valence-electron chi connectivity index (χ1n) is 12.8. The van der Waals surface area contributed by atoms with Crippen molar-refractivity contribution in [1.29, 1.82) is 0 Å². The van der Waals surface area contributed by atoms with Gasteiger partial charge in [-0.3, -0.25) is 23.9 Å². The van der Waals surface area contributed by atoms with Crippen LogP contribution in [0.15, 0.2) is 20.8 Å². The van der Waals surface area contributed by atoms with Crippen LogP contribution in [0.2, 0.25) is 0 Å². The van der Waals surface area contributed by atoms with Crippen molar-refractivity contribution in [1.82, 2.24) is 20.2 Å². The number of aliphatic hydroxyl groups is 1. The molecule has 0 saturated carbocycles. The first kappa shape index (κ1) is 32.4. The molecule has 2 rings (SSSR count). The summed E-state index contributed by atoms with van der Waals surface area (Å²) in [4.78, 5) is 68.8. The number of amides is 2. The molecule has 2 amide bonds. The summed E-state index contributed by atoms with van der Waals surface area (Å²) >= 11 is 3.09. The summed E-state index contributed by atoms with van der Waals surface area (Å²) in [5.74, 6) is -2.18. The van der Waals surface area contributed by atoms with Crippen LogP contribution in [-0.4, -0.2) is 62.3 Å². The highest BCUT2D eigenvalue weighted by Gasteiger charge is 2.55. The van der Waals surface area contributed by atoms with Crippen LogP contribution in [0.5, 0.6) is 0 Å². The van der Waals surface area contributed by atoms with Gasteiger partial charge in [0, 0.05) is 12.6 Å². The zero-order valence-electron chi connectivity index (χ0n) is 23.5. The van der Waals surface area contributed by atoms with Gasteiger partial charge in [-0.1, -0.05) is 43.6 Å². The lowest BCUT2D eigenvalue weighted by Crippen LogP contribution is -2.61. The zero-order valence-corrected chi connectivity index (χ0v) is 25.1. The van der Waals surface area contributed by atoms with Crippen molar-refractivity contribution in [2.24, 2.45) is 11.8 Å². The number of carbonyl (C=O) groups excluding carboxylic acids is 3. The highest BCUT2D eigenvalue weighted by atomic mass is 79.9. The maximum absolute atomic E-state index is 14.2. The second kappa shape index (κ2) is 12.6. The summed E-state index contributed by atoms with van der Waals surface area (Å²) in [5.41, 5.74) is -4.34. The predicted octanol–water partition coefficient (Wildman–Crippen LogP) is 1.98. The van der Waals surface area contributed by atoms with Crippen molar-refractivity contribution >= 4 is 39.8 Å². The molecule has 5 atom stereocenters. The Bertz CT molecular complexity index is 1200. The van der Waals surface area contributed by atoms with Crippen LogP contribution in [0.1, 0.15) is 67.4 Å². The molecular formula is C26H39BrN4O8. The van der Waals surface area contributed by atoms with E-state index in [0.29, 0.717) is 0 Å². The molecule has 0 aliphatic carbocycles. The van der Waals surface area contributed by atoms with Gasteiger partial charge in [0.05, 0.1) is 23.8 Å². The smallest absolute Gasteiger partial charge is 0.408 e. The minimum Gasteiger partial charge on any atom is -0.444 e. The SMILES string of the molecule is CC(C)[C@H](NC(=O)OC(C)(C)C)C(=O)N[C@H](C(=O)[C@]1(n2cc(/C=C/Br)c(=O)[nH]c2=O)C[C@H](O)[C@@H](C)O1)C(C)C. The van der Waals surface area contributed by atoms with E-state index in [1.165, 1.54) is 17.3 Å². The number of rotatable bonds is 9. The number of Topliss-reactive ketones (excluding diaryl/α,β-unsaturated/α-hetero) is 1. The summed E-state index contributed by atoms with van der Waals surface area (Å²) in [6, 6.07) is -2.23.